The molecule has 0 saturated carbocycles. The van der Waals surface area contributed by atoms with Crippen LogP contribution in [0.5, 0.6) is 11.5 Å². The molecule has 0 bridgehead atoms. The molecule has 138 valence electrons. The molecule has 26 heavy (non-hydrogen) atoms. The number of ether oxygens (including phenoxy) is 2. The molecule has 1 fully saturated rings. The van der Waals surface area contributed by atoms with Crippen molar-refractivity contribution in [3.63, 3.8) is 0 Å². The predicted molar refractivity (Wildman–Crippen MR) is 103 cm³/mol. The van der Waals surface area contributed by atoms with Crippen molar-refractivity contribution >= 4 is 17.5 Å². The molecule has 3 rings (SSSR count). The molecule has 2 aromatic rings. The summed E-state index contributed by atoms with van der Waals surface area (Å²) in [4.78, 5) is 15.0. The highest BCUT2D eigenvalue weighted by Crippen LogP contribution is 2.31. The van der Waals surface area contributed by atoms with Crippen molar-refractivity contribution in [3.8, 4) is 11.5 Å². The number of hydrogen-bond donors (Lipinski definition) is 0. The number of hydrogen-bond acceptors (Lipinski definition) is 3. The van der Waals surface area contributed by atoms with E-state index < -0.39 is 0 Å². The maximum absolute atomic E-state index is 13.1. The summed E-state index contributed by atoms with van der Waals surface area (Å²) in [7, 11) is 1.59. The van der Waals surface area contributed by atoms with Gasteiger partial charge in [0.15, 0.2) is 11.5 Å². The second-order valence-electron chi connectivity index (χ2n) is 6.39. The van der Waals surface area contributed by atoms with Crippen molar-refractivity contribution in [2.75, 3.05) is 20.3 Å². The lowest BCUT2D eigenvalue weighted by atomic mass is 10.0. The third kappa shape index (κ3) is 3.96. The van der Waals surface area contributed by atoms with Crippen LogP contribution < -0.4 is 9.47 Å². The minimum Gasteiger partial charge on any atom is -0.493 e. The van der Waals surface area contributed by atoms with Crippen LogP contribution in [-0.4, -0.2) is 37.1 Å². The van der Waals surface area contributed by atoms with Crippen molar-refractivity contribution in [1.82, 2.24) is 4.90 Å². The molecule has 1 atom stereocenters. The normalized spacial score (nSPS) is 16.6. The number of carbonyl (C=O) groups excluding carboxylic acids is 1. The van der Waals surface area contributed by atoms with E-state index in [1.807, 2.05) is 36.1 Å². The molecule has 2 aromatic carbocycles. The second kappa shape index (κ2) is 8.45. The summed E-state index contributed by atoms with van der Waals surface area (Å²) in [6.07, 6.45) is 2.78. The SMILES string of the molecule is CCOc1ccc(C(=O)N2CCCC2Cc2ccccc2Cl)cc1OC. The fourth-order valence-electron chi connectivity index (χ4n) is 3.47. The number of amides is 1. The summed E-state index contributed by atoms with van der Waals surface area (Å²) in [5.74, 6) is 1.26. The van der Waals surface area contributed by atoms with Gasteiger partial charge in [-0.1, -0.05) is 29.8 Å². The standard InChI is InChI=1S/C21H24ClNO3/c1-3-26-19-11-10-16(14-20(19)25-2)21(24)23-12-6-8-17(23)13-15-7-4-5-9-18(15)22/h4-5,7,9-11,14,17H,3,6,8,12-13H2,1-2H3. The van der Waals surface area contributed by atoms with Gasteiger partial charge in [0.05, 0.1) is 13.7 Å². The Kier molecular flexibility index (Phi) is 6.04. The van der Waals surface area contributed by atoms with Crippen LogP contribution in [0.1, 0.15) is 35.7 Å². The van der Waals surface area contributed by atoms with Crippen molar-refractivity contribution in [2.45, 2.75) is 32.2 Å². The van der Waals surface area contributed by atoms with Gasteiger partial charge in [0.1, 0.15) is 0 Å². The Morgan fingerprint density at radius 3 is 2.77 bits per heavy atom. The number of benzene rings is 2. The zero-order valence-electron chi connectivity index (χ0n) is 15.2. The third-order valence-electron chi connectivity index (χ3n) is 4.76. The molecule has 1 aliphatic heterocycles. The summed E-state index contributed by atoms with van der Waals surface area (Å²) in [5.41, 5.74) is 1.71. The van der Waals surface area contributed by atoms with E-state index in [1.165, 1.54) is 0 Å². The lowest BCUT2D eigenvalue weighted by molar-refractivity contribution is 0.0736. The summed E-state index contributed by atoms with van der Waals surface area (Å²) in [6, 6.07) is 13.4. The molecular weight excluding hydrogens is 350 g/mol. The molecular formula is C21H24ClNO3. The Hall–Kier alpha value is -2.20. The Labute approximate surface area is 159 Å². The number of halogens is 1. The van der Waals surface area contributed by atoms with Gasteiger partial charge >= 0.3 is 0 Å². The number of methoxy groups -OCH3 is 1. The van der Waals surface area contributed by atoms with E-state index in [4.69, 9.17) is 21.1 Å². The minimum absolute atomic E-state index is 0.0286. The van der Waals surface area contributed by atoms with E-state index in [0.29, 0.717) is 23.7 Å². The topological polar surface area (TPSA) is 38.8 Å². The molecule has 1 amide bonds. The molecule has 0 radical (unpaired) electrons. The largest absolute Gasteiger partial charge is 0.493 e. The summed E-state index contributed by atoms with van der Waals surface area (Å²) in [6.45, 7) is 3.24. The molecule has 1 unspecified atom stereocenters. The van der Waals surface area contributed by atoms with Gasteiger partial charge in [0.2, 0.25) is 0 Å². The zero-order chi connectivity index (χ0) is 18.5. The maximum Gasteiger partial charge on any atom is 0.254 e. The van der Waals surface area contributed by atoms with Gasteiger partial charge in [-0.2, -0.15) is 0 Å². The van der Waals surface area contributed by atoms with Crippen LogP contribution in [0.2, 0.25) is 5.02 Å². The van der Waals surface area contributed by atoms with Crippen molar-refractivity contribution in [3.05, 3.63) is 58.6 Å². The quantitative estimate of drug-likeness (QED) is 0.743. The van der Waals surface area contributed by atoms with Crippen LogP contribution in [0.15, 0.2) is 42.5 Å². The maximum atomic E-state index is 13.1. The Bertz CT molecular complexity index is 778. The van der Waals surface area contributed by atoms with Crippen LogP contribution in [0.4, 0.5) is 0 Å². The lowest BCUT2D eigenvalue weighted by Crippen LogP contribution is -2.36. The van der Waals surface area contributed by atoms with Crippen LogP contribution in [0, 0.1) is 0 Å². The minimum atomic E-state index is 0.0286. The van der Waals surface area contributed by atoms with E-state index in [-0.39, 0.29) is 11.9 Å². The Balaban J connectivity index is 1.79. The molecule has 4 nitrogen and oxygen atoms in total. The van der Waals surface area contributed by atoms with Crippen LogP contribution in [0.25, 0.3) is 0 Å². The van der Waals surface area contributed by atoms with E-state index >= 15 is 0 Å². The van der Waals surface area contributed by atoms with Crippen LogP contribution in [-0.2, 0) is 6.42 Å². The van der Waals surface area contributed by atoms with E-state index in [0.717, 1.165) is 36.4 Å². The van der Waals surface area contributed by atoms with Gasteiger partial charge in [-0.3, -0.25) is 4.79 Å². The van der Waals surface area contributed by atoms with Crippen molar-refractivity contribution < 1.29 is 14.3 Å². The van der Waals surface area contributed by atoms with E-state index in [9.17, 15) is 4.79 Å². The third-order valence-corrected chi connectivity index (χ3v) is 5.13. The van der Waals surface area contributed by atoms with Crippen molar-refractivity contribution in [1.29, 1.82) is 0 Å². The summed E-state index contributed by atoms with van der Waals surface area (Å²) in [5, 5.41) is 0.759. The smallest absolute Gasteiger partial charge is 0.254 e. The highest BCUT2D eigenvalue weighted by Gasteiger charge is 2.30. The van der Waals surface area contributed by atoms with Gasteiger partial charge < -0.3 is 14.4 Å². The van der Waals surface area contributed by atoms with Gasteiger partial charge in [-0.25, -0.2) is 0 Å². The van der Waals surface area contributed by atoms with Gasteiger partial charge in [0, 0.05) is 23.2 Å². The molecule has 1 aliphatic rings. The number of rotatable bonds is 6. The second-order valence-corrected chi connectivity index (χ2v) is 6.80. The number of nitrogens with zero attached hydrogens (tertiary/aromatic N) is 1. The van der Waals surface area contributed by atoms with Gasteiger partial charge in [-0.15, -0.1) is 0 Å². The molecule has 0 N–H and O–H groups in total. The van der Waals surface area contributed by atoms with Crippen LogP contribution >= 0.6 is 11.6 Å². The number of likely N-dealkylation sites (tertiary alicyclic amines) is 1. The van der Waals surface area contributed by atoms with Crippen molar-refractivity contribution in [2.24, 2.45) is 0 Å². The van der Waals surface area contributed by atoms with Gasteiger partial charge in [0.25, 0.3) is 5.91 Å². The molecule has 1 saturated heterocycles. The first-order valence-corrected chi connectivity index (χ1v) is 9.37. The Morgan fingerprint density at radius 2 is 2.04 bits per heavy atom. The monoisotopic (exact) mass is 373 g/mol. The van der Waals surface area contributed by atoms with Gasteiger partial charge in [-0.05, 0) is 56.0 Å². The summed E-state index contributed by atoms with van der Waals surface area (Å²) >= 11 is 6.30. The first-order valence-electron chi connectivity index (χ1n) is 8.99. The van der Waals surface area contributed by atoms with E-state index in [1.54, 1.807) is 25.3 Å². The average molecular weight is 374 g/mol. The zero-order valence-corrected chi connectivity index (χ0v) is 16.0. The van der Waals surface area contributed by atoms with E-state index in [2.05, 4.69) is 0 Å². The Morgan fingerprint density at radius 1 is 1.23 bits per heavy atom. The highest BCUT2D eigenvalue weighted by atomic mass is 35.5. The lowest BCUT2D eigenvalue weighted by Gasteiger charge is -2.25. The fourth-order valence-corrected chi connectivity index (χ4v) is 3.69. The molecule has 5 heteroatoms. The first-order chi connectivity index (χ1) is 12.6. The highest BCUT2D eigenvalue weighted by molar-refractivity contribution is 6.31. The van der Waals surface area contributed by atoms with Crippen LogP contribution in [0.3, 0.4) is 0 Å². The molecule has 0 aromatic heterocycles. The summed E-state index contributed by atoms with van der Waals surface area (Å²) < 4.78 is 10.9. The fraction of sp³-hybridized carbons (Fsp3) is 0.381. The molecule has 0 spiro atoms. The molecule has 1 heterocycles. The first kappa shape index (κ1) is 18.6. The predicted octanol–water partition coefficient (Wildman–Crippen LogP) is 4.59. The number of carbonyl (C=O) groups is 1. The molecule has 0 aliphatic carbocycles. The average Bonchev–Trinajstić information content (AvgIpc) is 3.12.